The molecule has 1 amide bonds. The Morgan fingerprint density at radius 1 is 1.11 bits per heavy atom. The van der Waals surface area contributed by atoms with E-state index < -0.39 is 5.91 Å². The largest absolute Gasteiger partial charge is 0.497 e. The Morgan fingerprint density at radius 2 is 1.84 bits per heavy atom. The zero-order valence-electron chi connectivity index (χ0n) is 20.7. The molecule has 0 fully saturated rings. The number of aryl methyl sites for hydroxylation is 1. The number of hydrogen-bond donors (Lipinski definition) is 1. The summed E-state index contributed by atoms with van der Waals surface area (Å²) in [5.41, 5.74) is 0.376. The zero-order valence-corrected chi connectivity index (χ0v) is 22.3. The third-order valence-electron chi connectivity index (χ3n) is 5.02. The van der Waals surface area contributed by atoms with Crippen molar-refractivity contribution >= 4 is 40.1 Å². The van der Waals surface area contributed by atoms with E-state index in [1.54, 1.807) is 43.5 Å². The Labute approximate surface area is 224 Å². The Kier molecular flexibility index (Phi) is 10.6. The quantitative estimate of drug-likeness (QED) is 0.170. The van der Waals surface area contributed by atoms with Gasteiger partial charge in [-0.2, -0.15) is 5.26 Å². The molecule has 37 heavy (non-hydrogen) atoms. The van der Waals surface area contributed by atoms with E-state index in [4.69, 9.17) is 30.5 Å². The molecule has 1 heterocycles. The zero-order chi connectivity index (χ0) is 26.6. The van der Waals surface area contributed by atoms with E-state index in [1.165, 1.54) is 24.5 Å². The molecule has 1 N–H and O–H groups in total. The fraction of sp³-hybridized carbons (Fsp3) is 0.308. The SMILES string of the molecule is CCCCc1nnc(NC(=O)C(C#N)=Cc2cc(Cl)c(OCCOc3ccc(OC)cc3)c(OC)c2)s1. The number of carbonyl (C=O) groups excluding carboxylic acids is 1. The highest BCUT2D eigenvalue weighted by Gasteiger charge is 2.16. The highest BCUT2D eigenvalue weighted by atomic mass is 35.5. The van der Waals surface area contributed by atoms with E-state index in [0.29, 0.717) is 27.9 Å². The number of nitriles is 1. The standard InChI is InChI=1S/C26H27ClN4O5S/c1-4-5-6-23-30-31-26(37-23)29-25(32)18(16-28)13-17-14-21(27)24(22(15-17)34-3)36-12-11-35-20-9-7-19(33-2)8-10-20/h7-10,13-15H,4-6,11-12H2,1-3H3,(H,29,31,32). The van der Waals surface area contributed by atoms with Gasteiger partial charge in [-0.15, -0.1) is 10.2 Å². The van der Waals surface area contributed by atoms with Crippen LogP contribution in [0.2, 0.25) is 5.02 Å². The summed E-state index contributed by atoms with van der Waals surface area (Å²) in [5, 5.41) is 21.7. The number of amides is 1. The van der Waals surface area contributed by atoms with E-state index in [0.717, 1.165) is 30.0 Å². The molecule has 0 saturated heterocycles. The second-order valence-electron chi connectivity index (χ2n) is 7.64. The van der Waals surface area contributed by atoms with Gasteiger partial charge in [-0.05, 0) is 54.5 Å². The van der Waals surface area contributed by atoms with Crippen LogP contribution in [0.25, 0.3) is 6.08 Å². The molecule has 0 bridgehead atoms. The maximum Gasteiger partial charge on any atom is 0.268 e. The summed E-state index contributed by atoms with van der Waals surface area (Å²) in [4.78, 5) is 12.6. The number of anilines is 1. The number of rotatable bonds is 13. The molecular weight excluding hydrogens is 516 g/mol. The Morgan fingerprint density at radius 3 is 2.51 bits per heavy atom. The van der Waals surface area contributed by atoms with Crippen LogP contribution in [0.15, 0.2) is 42.0 Å². The lowest BCUT2D eigenvalue weighted by Crippen LogP contribution is -2.13. The highest BCUT2D eigenvalue weighted by molar-refractivity contribution is 7.15. The second-order valence-corrected chi connectivity index (χ2v) is 9.10. The predicted octanol–water partition coefficient (Wildman–Crippen LogP) is 5.55. The lowest BCUT2D eigenvalue weighted by Gasteiger charge is -2.14. The van der Waals surface area contributed by atoms with Crippen LogP contribution in [0.5, 0.6) is 23.0 Å². The molecule has 3 aromatic rings. The van der Waals surface area contributed by atoms with E-state index in [-0.39, 0.29) is 23.8 Å². The van der Waals surface area contributed by atoms with Gasteiger partial charge in [0, 0.05) is 6.42 Å². The van der Waals surface area contributed by atoms with Gasteiger partial charge in [-0.1, -0.05) is 36.3 Å². The summed E-state index contributed by atoms with van der Waals surface area (Å²) in [6.07, 6.45) is 4.24. The van der Waals surface area contributed by atoms with Gasteiger partial charge < -0.3 is 18.9 Å². The first kappa shape index (κ1) is 27.8. The molecule has 0 radical (unpaired) electrons. The minimum absolute atomic E-state index is 0.120. The summed E-state index contributed by atoms with van der Waals surface area (Å²) in [6, 6.07) is 12.3. The van der Waals surface area contributed by atoms with Crippen molar-refractivity contribution in [3.8, 4) is 29.1 Å². The van der Waals surface area contributed by atoms with Crippen molar-refractivity contribution in [1.82, 2.24) is 10.2 Å². The van der Waals surface area contributed by atoms with Crippen LogP contribution in [0.4, 0.5) is 5.13 Å². The number of benzene rings is 2. The Balaban J connectivity index is 1.64. The molecule has 9 nitrogen and oxygen atoms in total. The van der Waals surface area contributed by atoms with E-state index in [1.807, 2.05) is 6.07 Å². The van der Waals surface area contributed by atoms with Crippen molar-refractivity contribution in [3.05, 3.63) is 57.6 Å². The van der Waals surface area contributed by atoms with Gasteiger partial charge in [-0.25, -0.2) is 0 Å². The molecule has 0 aliphatic rings. The molecule has 3 rings (SSSR count). The molecule has 0 unspecified atom stereocenters. The maximum absolute atomic E-state index is 12.6. The molecule has 0 spiro atoms. The lowest BCUT2D eigenvalue weighted by atomic mass is 10.1. The summed E-state index contributed by atoms with van der Waals surface area (Å²) in [6.45, 7) is 2.58. The number of aromatic nitrogens is 2. The third-order valence-corrected chi connectivity index (χ3v) is 6.20. The molecular formula is C26H27ClN4O5S. The number of ether oxygens (including phenoxy) is 4. The molecule has 194 valence electrons. The third kappa shape index (κ3) is 8.10. The van der Waals surface area contributed by atoms with Crippen LogP contribution in [-0.4, -0.2) is 43.5 Å². The van der Waals surface area contributed by atoms with Gasteiger partial charge in [-0.3, -0.25) is 10.1 Å². The topological polar surface area (TPSA) is 116 Å². The highest BCUT2D eigenvalue weighted by Crippen LogP contribution is 2.37. The van der Waals surface area contributed by atoms with Gasteiger partial charge >= 0.3 is 0 Å². The van der Waals surface area contributed by atoms with Crippen LogP contribution in [0.3, 0.4) is 0 Å². The monoisotopic (exact) mass is 542 g/mol. The molecule has 0 saturated carbocycles. The Bertz CT molecular complexity index is 1270. The van der Waals surface area contributed by atoms with Crippen molar-refractivity contribution in [3.63, 3.8) is 0 Å². The molecule has 0 aliphatic heterocycles. The number of nitrogens with one attached hydrogen (secondary N) is 1. The minimum Gasteiger partial charge on any atom is -0.497 e. The van der Waals surface area contributed by atoms with Crippen molar-refractivity contribution < 1.29 is 23.7 Å². The first-order chi connectivity index (χ1) is 18.0. The second kappa shape index (κ2) is 14.1. The summed E-state index contributed by atoms with van der Waals surface area (Å²) in [5.74, 6) is 1.51. The Hall–Kier alpha value is -3.81. The molecule has 0 aliphatic carbocycles. The number of unbranched alkanes of at least 4 members (excludes halogenated alkanes) is 1. The van der Waals surface area contributed by atoms with Crippen molar-refractivity contribution in [1.29, 1.82) is 5.26 Å². The van der Waals surface area contributed by atoms with Crippen molar-refractivity contribution in [2.24, 2.45) is 0 Å². The number of nitrogens with zero attached hydrogens (tertiary/aromatic N) is 3. The van der Waals surface area contributed by atoms with Crippen LogP contribution in [-0.2, 0) is 11.2 Å². The van der Waals surface area contributed by atoms with Crippen LogP contribution >= 0.6 is 22.9 Å². The number of carbonyl (C=O) groups is 1. The van der Waals surface area contributed by atoms with Gasteiger partial charge in [0.15, 0.2) is 11.5 Å². The van der Waals surface area contributed by atoms with Crippen LogP contribution in [0.1, 0.15) is 30.3 Å². The van der Waals surface area contributed by atoms with E-state index in [2.05, 4.69) is 22.4 Å². The lowest BCUT2D eigenvalue weighted by molar-refractivity contribution is -0.112. The van der Waals surface area contributed by atoms with Gasteiger partial charge in [0.2, 0.25) is 5.13 Å². The first-order valence-electron chi connectivity index (χ1n) is 11.5. The predicted molar refractivity (Wildman–Crippen MR) is 143 cm³/mol. The summed E-state index contributed by atoms with van der Waals surface area (Å²) in [7, 11) is 3.07. The number of halogens is 1. The van der Waals surface area contributed by atoms with Crippen LogP contribution < -0.4 is 24.3 Å². The van der Waals surface area contributed by atoms with Gasteiger partial charge in [0.25, 0.3) is 5.91 Å². The minimum atomic E-state index is -0.591. The maximum atomic E-state index is 12.6. The van der Waals surface area contributed by atoms with Gasteiger partial charge in [0.1, 0.15) is 41.4 Å². The van der Waals surface area contributed by atoms with Gasteiger partial charge in [0.05, 0.1) is 19.2 Å². The first-order valence-corrected chi connectivity index (χ1v) is 12.7. The molecule has 11 heteroatoms. The summed E-state index contributed by atoms with van der Waals surface area (Å²) >= 11 is 7.73. The van der Waals surface area contributed by atoms with E-state index in [9.17, 15) is 10.1 Å². The van der Waals surface area contributed by atoms with E-state index >= 15 is 0 Å². The normalized spacial score (nSPS) is 10.9. The number of methoxy groups -OCH3 is 2. The smallest absolute Gasteiger partial charge is 0.268 e. The molecule has 2 aromatic carbocycles. The fourth-order valence-electron chi connectivity index (χ4n) is 3.15. The van der Waals surface area contributed by atoms with Crippen molar-refractivity contribution in [2.75, 3.05) is 32.8 Å². The fourth-order valence-corrected chi connectivity index (χ4v) is 4.20. The average Bonchev–Trinajstić information content (AvgIpc) is 3.36. The van der Waals surface area contributed by atoms with Crippen molar-refractivity contribution in [2.45, 2.75) is 26.2 Å². The molecule has 0 atom stereocenters. The summed E-state index contributed by atoms with van der Waals surface area (Å²) < 4.78 is 22.0. The molecule has 1 aromatic heterocycles. The average molecular weight is 543 g/mol. The van der Waals surface area contributed by atoms with Crippen LogP contribution in [0, 0.1) is 11.3 Å². The number of hydrogen-bond acceptors (Lipinski definition) is 9.